The van der Waals surface area contributed by atoms with E-state index in [0.717, 1.165) is 24.3 Å². The molecule has 7 heteroatoms. The molecule has 1 saturated heterocycles. The fraction of sp³-hybridized carbons (Fsp3) is 0.316. The molecule has 0 bridgehead atoms. The lowest BCUT2D eigenvalue weighted by molar-refractivity contribution is -0.134. The Labute approximate surface area is 150 Å². The number of hydrogen-bond acceptors (Lipinski definition) is 4. The van der Waals surface area contributed by atoms with Gasteiger partial charge in [0, 0.05) is 25.2 Å². The summed E-state index contributed by atoms with van der Waals surface area (Å²) in [6.07, 6.45) is 3.83. The molecule has 0 radical (unpaired) electrons. The van der Waals surface area contributed by atoms with Gasteiger partial charge in [-0.1, -0.05) is 6.07 Å². The summed E-state index contributed by atoms with van der Waals surface area (Å²) in [5.41, 5.74) is 0.811. The topological polar surface area (TPSA) is 59.7 Å². The minimum Gasteiger partial charge on any atom is -0.484 e. The second-order valence-electron chi connectivity index (χ2n) is 6.41. The first-order chi connectivity index (χ1) is 12.7. The van der Waals surface area contributed by atoms with Gasteiger partial charge in [-0.25, -0.2) is 4.39 Å². The van der Waals surface area contributed by atoms with Crippen LogP contribution in [0, 0.1) is 5.82 Å². The Balaban J connectivity index is 1.41. The second kappa shape index (κ2) is 7.11. The zero-order valence-electron chi connectivity index (χ0n) is 14.2. The molecule has 0 spiro atoms. The molecule has 1 atom stereocenters. The molecule has 1 aromatic carbocycles. The van der Waals surface area contributed by atoms with E-state index in [1.807, 2.05) is 33.7 Å². The lowest BCUT2D eigenvalue weighted by Crippen LogP contribution is -2.42. The van der Waals surface area contributed by atoms with Crippen molar-refractivity contribution in [3.8, 4) is 5.75 Å². The molecule has 1 fully saturated rings. The minimum atomic E-state index is -0.330. The molecule has 1 amide bonds. The van der Waals surface area contributed by atoms with Gasteiger partial charge in [0.1, 0.15) is 17.4 Å². The van der Waals surface area contributed by atoms with Crippen molar-refractivity contribution in [2.45, 2.75) is 18.8 Å². The van der Waals surface area contributed by atoms with Crippen LogP contribution in [0.4, 0.5) is 4.39 Å². The number of aromatic nitrogens is 3. The highest BCUT2D eigenvalue weighted by Crippen LogP contribution is 2.26. The lowest BCUT2D eigenvalue weighted by Gasteiger charge is -2.31. The molecule has 6 nitrogen and oxygen atoms in total. The van der Waals surface area contributed by atoms with Crippen molar-refractivity contribution in [2.75, 3.05) is 19.7 Å². The Kier molecular flexibility index (Phi) is 4.51. The van der Waals surface area contributed by atoms with E-state index in [1.54, 1.807) is 0 Å². The molecule has 1 aliphatic rings. The standard InChI is InChI=1S/C19H19FN4O2/c20-15-6-8-16(9-7-15)26-13-18(25)23-10-3-4-14(12-23)19-22-21-17-5-1-2-11-24(17)19/h1-2,5-9,11,14H,3-4,10,12-13H2/t14-/m0/s1. The number of pyridine rings is 1. The van der Waals surface area contributed by atoms with Gasteiger partial charge in [0.15, 0.2) is 12.3 Å². The summed E-state index contributed by atoms with van der Waals surface area (Å²) < 4.78 is 20.4. The summed E-state index contributed by atoms with van der Waals surface area (Å²) in [6.45, 7) is 1.25. The second-order valence-corrected chi connectivity index (χ2v) is 6.41. The summed E-state index contributed by atoms with van der Waals surface area (Å²) in [6, 6.07) is 11.5. The van der Waals surface area contributed by atoms with Crippen molar-refractivity contribution in [1.82, 2.24) is 19.5 Å². The Bertz CT molecular complexity index is 909. The molecule has 4 rings (SSSR count). The molecular weight excluding hydrogens is 335 g/mol. The highest BCUT2D eigenvalue weighted by atomic mass is 19.1. The summed E-state index contributed by atoms with van der Waals surface area (Å²) in [5.74, 6) is 1.11. The van der Waals surface area contributed by atoms with E-state index >= 15 is 0 Å². The van der Waals surface area contributed by atoms with Crippen molar-refractivity contribution >= 4 is 11.6 Å². The van der Waals surface area contributed by atoms with Crippen LogP contribution in [0.25, 0.3) is 5.65 Å². The van der Waals surface area contributed by atoms with Gasteiger partial charge in [0.05, 0.1) is 0 Å². The Hall–Kier alpha value is -2.96. The molecule has 0 unspecified atom stereocenters. The van der Waals surface area contributed by atoms with E-state index in [9.17, 15) is 9.18 Å². The molecule has 0 saturated carbocycles. The van der Waals surface area contributed by atoms with Crippen molar-refractivity contribution < 1.29 is 13.9 Å². The molecule has 1 aliphatic heterocycles. The van der Waals surface area contributed by atoms with Gasteiger partial charge in [0.2, 0.25) is 0 Å². The maximum Gasteiger partial charge on any atom is 0.260 e. The fourth-order valence-electron chi connectivity index (χ4n) is 3.32. The zero-order valence-corrected chi connectivity index (χ0v) is 14.2. The van der Waals surface area contributed by atoms with Gasteiger partial charge in [0.25, 0.3) is 5.91 Å². The Morgan fingerprint density at radius 1 is 1.19 bits per heavy atom. The Morgan fingerprint density at radius 3 is 2.88 bits per heavy atom. The minimum absolute atomic E-state index is 0.0566. The van der Waals surface area contributed by atoms with Crippen molar-refractivity contribution in [3.63, 3.8) is 0 Å². The van der Waals surface area contributed by atoms with Crippen LogP contribution in [0.3, 0.4) is 0 Å². The molecular formula is C19H19FN4O2. The van der Waals surface area contributed by atoms with Crippen LogP contribution in [0.15, 0.2) is 48.7 Å². The number of benzene rings is 1. The first kappa shape index (κ1) is 16.5. The lowest BCUT2D eigenvalue weighted by atomic mass is 9.97. The third kappa shape index (κ3) is 3.37. The number of hydrogen-bond donors (Lipinski definition) is 0. The number of halogens is 1. The van der Waals surface area contributed by atoms with Crippen LogP contribution in [0.2, 0.25) is 0 Å². The molecule has 134 valence electrons. The summed E-state index contributed by atoms with van der Waals surface area (Å²) in [4.78, 5) is 14.3. The van der Waals surface area contributed by atoms with Crippen LogP contribution >= 0.6 is 0 Å². The van der Waals surface area contributed by atoms with Gasteiger partial charge in [-0.3, -0.25) is 9.20 Å². The fourth-order valence-corrected chi connectivity index (χ4v) is 3.32. The van der Waals surface area contributed by atoms with Crippen LogP contribution < -0.4 is 4.74 Å². The Morgan fingerprint density at radius 2 is 2.04 bits per heavy atom. The number of piperidine rings is 1. The number of ether oxygens (including phenoxy) is 1. The third-order valence-electron chi connectivity index (χ3n) is 4.66. The molecule has 26 heavy (non-hydrogen) atoms. The van der Waals surface area contributed by atoms with Gasteiger partial charge < -0.3 is 9.64 Å². The average molecular weight is 354 g/mol. The summed E-state index contributed by atoms with van der Waals surface area (Å²) >= 11 is 0. The monoisotopic (exact) mass is 354 g/mol. The van der Waals surface area contributed by atoms with E-state index in [2.05, 4.69) is 10.2 Å². The number of rotatable bonds is 4. The number of amides is 1. The molecule has 0 aliphatic carbocycles. The first-order valence-electron chi connectivity index (χ1n) is 8.66. The van der Waals surface area contributed by atoms with Crippen LogP contribution in [-0.4, -0.2) is 45.1 Å². The van der Waals surface area contributed by atoms with E-state index in [1.165, 1.54) is 24.3 Å². The predicted molar refractivity (Wildman–Crippen MR) is 93.4 cm³/mol. The van der Waals surface area contributed by atoms with Gasteiger partial charge in [-0.05, 0) is 49.2 Å². The number of likely N-dealkylation sites (tertiary alicyclic amines) is 1. The van der Waals surface area contributed by atoms with E-state index < -0.39 is 0 Å². The number of fused-ring (bicyclic) bond motifs is 1. The number of carbonyl (C=O) groups is 1. The van der Waals surface area contributed by atoms with Crippen molar-refractivity contribution in [2.24, 2.45) is 0 Å². The molecule has 3 heterocycles. The summed E-state index contributed by atoms with van der Waals surface area (Å²) in [7, 11) is 0. The molecule has 3 aromatic rings. The highest BCUT2D eigenvalue weighted by Gasteiger charge is 2.28. The third-order valence-corrected chi connectivity index (χ3v) is 4.66. The molecule has 2 aromatic heterocycles. The quantitative estimate of drug-likeness (QED) is 0.723. The van der Waals surface area contributed by atoms with Crippen LogP contribution in [0.1, 0.15) is 24.6 Å². The number of carbonyl (C=O) groups excluding carboxylic acids is 1. The van der Waals surface area contributed by atoms with Gasteiger partial charge in [-0.15, -0.1) is 10.2 Å². The van der Waals surface area contributed by atoms with Crippen LogP contribution in [-0.2, 0) is 4.79 Å². The molecule has 0 N–H and O–H groups in total. The predicted octanol–water partition coefficient (Wildman–Crippen LogP) is 2.65. The highest BCUT2D eigenvalue weighted by molar-refractivity contribution is 5.78. The van der Waals surface area contributed by atoms with E-state index in [-0.39, 0.29) is 24.2 Å². The first-order valence-corrected chi connectivity index (χ1v) is 8.66. The van der Waals surface area contributed by atoms with Crippen LogP contribution in [0.5, 0.6) is 5.75 Å². The van der Waals surface area contributed by atoms with E-state index in [4.69, 9.17) is 4.74 Å². The van der Waals surface area contributed by atoms with Crippen molar-refractivity contribution in [1.29, 1.82) is 0 Å². The normalized spacial score (nSPS) is 17.4. The number of nitrogens with zero attached hydrogens (tertiary/aromatic N) is 4. The van der Waals surface area contributed by atoms with Crippen molar-refractivity contribution in [3.05, 3.63) is 60.3 Å². The van der Waals surface area contributed by atoms with Gasteiger partial charge in [-0.2, -0.15) is 0 Å². The average Bonchev–Trinajstić information content (AvgIpc) is 3.11. The maximum absolute atomic E-state index is 12.9. The van der Waals surface area contributed by atoms with Gasteiger partial charge >= 0.3 is 0 Å². The van der Waals surface area contributed by atoms with E-state index in [0.29, 0.717) is 18.8 Å². The summed E-state index contributed by atoms with van der Waals surface area (Å²) in [5, 5.41) is 8.52. The maximum atomic E-state index is 12.9. The SMILES string of the molecule is O=C(COc1ccc(F)cc1)N1CCC[C@H](c2nnc3ccccn23)C1. The zero-order chi connectivity index (χ0) is 17.9. The largest absolute Gasteiger partial charge is 0.484 e. The smallest absolute Gasteiger partial charge is 0.260 e.